The molecule has 3 rings (SSSR count). The Bertz CT molecular complexity index is 859. The topological polar surface area (TPSA) is 34.1 Å². The fourth-order valence-electron chi connectivity index (χ4n) is 2.80. The monoisotopic (exact) mass is 366 g/mol. The molecule has 0 atom stereocenters. The van der Waals surface area contributed by atoms with Crippen molar-refractivity contribution >= 4 is 22.2 Å². The van der Waals surface area contributed by atoms with E-state index >= 15 is 0 Å². The quantitative estimate of drug-likeness (QED) is 0.593. The zero-order valence-electron chi connectivity index (χ0n) is 16.1. The Kier molecular flexibility index (Phi) is 5.33. The van der Waals surface area contributed by atoms with Crippen LogP contribution in [0.3, 0.4) is 0 Å². The molecule has 0 saturated heterocycles. The minimum atomic E-state index is 0.00547. The summed E-state index contributed by atoms with van der Waals surface area (Å²) in [5.74, 6) is 0.885. The molecule has 0 fully saturated rings. The lowest BCUT2D eigenvalue weighted by molar-refractivity contribution is 0.414. The Morgan fingerprint density at radius 2 is 1.65 bits per heavy atom. The second kappa shape index (κ2) is 7.50. The van der Waals surface area contributed by atoms with E-state index in [1.54, 1.807) is 18.4 Å². The molecule has 4 heteroatoms. The maximum Gasteiger partial charge on any atom is 0.187 e. The van der Waals surface area contributed by atoms with Gasteiger partial charge in [-0.1, -0.05) is 50.6 Å². The molecule has 2 aromatic carbocycles. The highest BCUT2D eigenvalue weighted by Gasteiger charge is 2.23. The van der Waals surface area contributed by atoms with Crippen molar-refractivity contribution in [2.24, 2.45) is 0 Å². The largest absolute Gasteiger partial charge is 0.497 e. The van der Waals surface area contributed by atoms with Crippen molar-refractivity contribution in [2.75, 3.05) is 12.4 Å². The number of benzene rings is 2. The Morgan fingerprint density at radius 1 is 1.00 bits per heavy atom. The maximum absolute atomic E-state index is 5.26. The molecule has 0 aliphatic heterocycles. The number of aryl methyl sites for hydroxylation is 1. The van der Waals surface area contributed by atoms with E-state index < -0.39 is 0 Å². The minimum Gasteiger partial charge on any atom is -0.497 e. The van der Waals surface area contributed by atoms with E-state index in [9.17, 15) is 0 Å². The number of anilines is 2. The summed E-state index contributed by atoms with van der Waals surface area (Å²) in [4.78, 5) is 6.21. The molecule has 0 spiro atoms. The fourth-order valence-corrected chi connectivity index (χ4v) is 4.03. The van der Waals surface area contributed by atoms with Crippen LogP contribution in [0.2, 0.25) is 0 Å². The zero-order chi connectivity index (χ0) is 18.7. The summed E-state index contributed by atoms with van der Waals surface area (Å²) >= 11 is 1.74. The molecule has 3 nitrogen and oxygen atoms in total. The van der Waals surface area contributed by atoms with Crippen molar-refractivity contribution in [1.82, 2.24) is 4.98 Å². The average molecular weight is 367 g/mol. The van der Waals surface area contributed by atoms with E-state index in [-0.39, 0.29) is 5.41 Å². The van der Waals surface area contributed by atoms with Crippen molar-refractivity contribution in [3.63, 3.8) is 0 Å². The van der Waals surface area contributed by atoms with Crippen molar-refractivity contribution < 1.29 is 4.74 Å². The minimum absolute atomic E-state index is 0.00547. The number of hydrogen-bond donors (Lipinski definition) is 1. The lowest BCUT2D eigenvalue weighted by Crippen LogP contribution is -2.14. The molecule has 0 radical (unpaired) electrons. The number of hydrogen-bond acceptors (Lipinski definition) is 4. The van der Waals surface area contributed by atoms with Crippen molar-refractivity contribution in [1.29, 1.82) is 0 Å². The molecular formula is C22H26N2OS. The molecule has 0 aliphatic carbocycles. The van der Waals surface area contributed by atoms with Gasteiger partial charge in [0.15, 0.2) is 5.13 Å². The molecule has 3 aromatic rings. The maximum atomic E-state index is 5.26. The second-order valence-corrected chi connectivity index (χ2v) is 8.64. The molecule has 1 N–H and O–H groups in total. The predicted molar refractivity (Wildman–Crippen MR) is 111 cm³/mol. The molecule has 136 valence electrons. The molecule has 0 amide bonds. The first kappa shape index (κ1) is 18.5. The third kappa shape index (κ3) is 4.44. The van der Waals surface area contributed by atoms with Crippen LogP contribution in [0.1, 0.15) is 42.5 Å². The number of ether oxygens (including phenoxy) is 1. The summed E-state index contributed by atoms with van der Waals surface area (Å²) in [5.41, 5.74) is 4.76. The molecule has 26 heavy (non-hydrogen) atoms. The van der Waals surface area contributed by atoms with Crippen LogP contribution in [0.4, 0.5) is 10.8 Å². The molecule has 0 aliphatic rings. The summed E-state index contributed by atoms with van der Waals surface area (Å²) in [5, 5.41) is 4.40. The second-order valence-electron chi connectivity index (χ2n) is 7.56. The van der Waals surface area contributed by atoms with Gasteiger partial charge < -0.3 is 10.1 Å². The van der Waals surface area contributed by atoms with Crippen LogP contribution < -0.4 is 10.1 Å². The normalized spacial score (nSPS) is 11.4. The van der Waals surface area contributed by atoms with Crippen LogP contribution in [0.5, 0.6) is 5.75 Å². The van der Waals surface area contributed by atoms with Crippen LogP contribution in [0.15, 0.2) is 48.5 Å². The third-order valence-electron chi connectivity index (χ3n) is 4.23. The van der Waals surface area contributed by atoms with E-state index in [0.717, 1.165) is 28.7 Å². The van der Waals surface area contributed by atoms with Gasteiger partial charge in [-0.25, -0.2) is 4.98 Å². The van der Waals surface area contributed by atoms with Crippen molar-refractivity contribution in [3.05, 3.63) is 70.2 Å². The van der Waals surface area contributed by atoms with Gasteiger partial charge in [-0.05, 0) is 36.8 Å². The van der Waals surface area contributed by atoms with Gasteiger partial charge in [-0.2, -0.15) is 0 Å². The molecular weight excluding hydrogens is 340 g/mol. The van der Waals surface area contributed by atoms with Gasteiger partial charge in [0.1, 0.15) is 5.75 Å². The lowest BCUT2D eigenvalue weighted by atomic mass is 9.90. The van der Waals surface area contributed by atoms with Gasteiger partial charge in [0, 0.05) is 22.4 Å². The van der Waals surface area contributed by atoms with Gasteiger partial charge in [-0.3, -0.25) is 0 Å². The van der Waals surface area contributed by atoms with Crippen LogP contribution in [0, 0.1) is 6.92 Å². The smallest absolute Gasteiger partial charge is 0.187 e. The van der Waals surface area contributed by atoms with Crippen LogP contribution in [-0.2, 0) is 11.8 Å². The van der Waals surface area contributed by atoms with E-state index in [0.29, 0.717) is 0 Å². The molecule has 0 unspecified atom stereocenters. The van der Waals surface area contributed by atoms with E-state index in [1.807, 2.05) is 12.1 Å². The Morgan fingerprint density at radius 3 is 2.23 bits per heavy atom. The van der Waals surface area contributed by atoms with Gasteiger partial charge in [0.25, 0.3) is 0 Å². The summed E-state index contributed by atoms with van der Waals surface area (Å²) < 4.78 is 5.26. The number of thiazole rings is 1. The first-order valence-electron chi connectivity index (χ1n) is 8.82. The predicted octanol–water partition coefficient (Wildman–Crippen LogP) is 6.09. The lowest BCUT2D eigenvalue weighted by Gasteiger charge is -2.17. The van der Waals surface area contributed by atoms with Crippen LogP contribution in [-0.4, -0.2) is 12.1 Å². The summed E-state index contributed by atoms with van der Waals surface area (Å²) in [7, 11) is 1.69. The van der Waals surface area contributed by atoms with E-state index in [1.165, 1.54) is 16.0 Å². The first-order valence-corrected chi connectivity index (χ1v) is 9.63. The fraction of sp³-hybridized carbons (Fsp3) is 0.318. The Hall–Kier alpha value is -2.33. The summed E-state index contributed by atoms with van der Waals surface area (Å²) in [6.07, 6.45) is 0.879. The zero-order valence-corrected chi connectivity index (χ0v) is 16.9. The number of aromatic nitrogens is 1. The Balaban J connectivity index is 1.87. The highest BCUT2D eigenvalue weighted by molar-refractivity contribution is 7.15. The number of rotatable bonds is 5. The number of nitrogens with one attached hydrogen (secondary N) is 1. The molecule has 0 saturated carbocycles. The molecule has 1 heterocycles. The van der Waals surface area contributed by atoms with Gasteiger partial charge in [-0.15, -0.1) is 11.3 Å². The summed E-state index contributed by atoms with van der Waals surface area (Å²) in [6.45, 7) is 8.75. The standard InChI is InChI=1S/C22H26N2OS/c1-15-6-10-17(11-7-15)23-21-24-20(22(2,3)4)19(26-21)14-16-8-12-18(25-5)13-9-16/h6-13H,14H2,1-5H3,(H,23,24). The van der Waals surface area contributed by atoms with Gasteiger partial charge in [0.2, 0.25) is 0 Å². The molecule has 0 bridgehead atoms. The average Bonchev–Trinajstić information content (AvgIpc) is 3.00. The van der Waals surface area contributed by atoms with E-state index in [4.69, 9.17) is 9.72 Å². The molecule has 1 aromatic heterocycles. The highest BCUT2D eigenvalue weighted by Crippen LogP contribution is 2.35. The third-order valence-corrected chi connectivity index (χ3v) is 5.21. The number of nitrogens with zero attached hydrogens (tertiary/aromatic N) is 1. The van der Waals surface area contributed by atoms with Gasteiger partial charge >= 0.3 is 0 Å². The van der Waals surface area contributed by atoms with Gasteiger partial charge in [0.05, 0.1) is 12.8 Å². The SMILES string of the molecule is COc1ccc(Cc2sc(Nc3ccc(C)cc3)nc2C(C)(C)C)cc1. The van der Waals surface area contributed by atoms with E-state index in [2.05, 4.69) is 69.4 Å². The highest BCUT2D eigenvalue weighted by atomic mass is 32.1. The Labute approximate surface area is 160 Å². The van der Waals surface area contributed by atoms with Crippen LogP contribution in [0.25, 0.3) is 0 Å². The van der Waals surface area contributed by atoms with Crippen molar-refractivity contribution in [3.8, 4) is 5.75 Å². The summed E-state index contributed by atoms with van der Waals surface area (Å²) in [6, 6.07) is 16.7. The first-order chi connectivity index (χ1) is 12.3. The number of methoxy groups -OCH3 is 1. The van der Waals surface area contributed by atoms with Crippen molar-refractivity contribution in [2.45, 2.75) is 39.5 Å². The van der Waals surface area contributed by atoms with Crippen LogP contribution >= 0.6 is 11.3 Å².